The van der Waals surface area contributed by atoms with E-state index in [1.54, 1.807) is 0 Å². The van der Waals surface area contributed by atoms with Gasteiger partial charge in [-0.05, 0) is 12.5 Å². The summed E-state index contributed by atoms with van der Waals surface area (Å²) in [4.78, 5) is 33.4. The van der Waals surface area contributed by atoms with Crippen molar-refractivity contribution in [1.82, 2.24) is 10.6 Å². The molecule has 1 aromatic carbocycles. The van der Waals surface area contributed by atoms with Gasteiger partial charge in [0.15, 0.2) is 0 Å². The van der Waals surface area contributed by atoms with Crippen LogP contribution >= 0.6 is 0 Å². The Labute approximate surface area is 116 Å². The van der Waals surface area contributed by atoms with Gasteiger partial charge in [0.05, 0.1) is 6.54 Å². The van der Waals surface area contributed by atoms with E-state index < -0.39 is 23.9 Å². The Morgan fingerprint density at radius 1 is 1.25 bits per heavy atom. The van der Waals surface area contributed by atoms with Gasteiger partial charge in [-0.15, -0.1) is 0 Å². The Kier molecular flexibility index (Phi) is 6.02. The van der Waals surface area contributed by atoms with E-state index in [1.807, 2.05) is 30.3 Å². The van der Waals surface area contributed by atoms with E-state index in [4.69, 9.17) is 10.5 Å². The lowest BCUT2D eigenvalue weighted by molar-refractivity contribution is -0.125. The van der Waals surface area contributed by atoms with Crippen molar-refractivity contribution in [2.24, 2.45) is 5.73 Å². The van der Waals surface area contributed by atoms with Crippen LogP contribution in [-0.2, 0) is 20.9 Å². The number of benzene rings is 1. The maximum Gasteiger partial charge on any atom is 0.408 e. The van der Waals surface area contributed by atoms with Crippen molar-refractivity contribution < 1.29 is 19.1 Å². The fourth-order valence-corrected chi connectivity index (χ4v) is 1.33. The van der Waals surface area contributed by atoms with Gasteiger partial charge in [0, 0.05) is 0 Å². The number of nitrogens with two attached hydrogens (primary N) is 1. The molecule has 0 fully saturated rings. The van der Waals surface area contributed by atoms with Gasteiger partial charge >= 0.3 is 6.09 Å². The van der Waals surface area contributed by atoms with Gasteiger partial charge in [0.1, 0.15) is 12.6 Å². The molecule has 4 N–H and O–H groups in total. The molecule has 7 nitrogen and oxygen atoms in total. The number of alkyl carbamates (subject to hydrolysis) is 1. The lowest BCUT2D eigenvalue weighted by Crippen LogP contribution is -2.46. The molecule has 7 heteroatoms. The molecular weight excluding hydrogens is 262 g/mol. The average molecular weight is 279 g/mol. The van der Waals surface area contributed by atoms with Crippen LogP contribution in [0, 0.1) is 0 Å². The first kappa shape index (κ1) is 15.5. The zero-order chi connectivity index (χ0) is 15.0. The van der Waals surface area contributed by atoms with E-state index in [1.165, 1.54) is 6.92 Å². The quantitative estimate of drug-likeness (QED) is 0.675. The minimum Gasteiger partial charge on any atom is -0.445 e. The Hall–Kier alpha value is -2.57. The van der Waals surface area contributed by atoms with Gasteiger partial charge < -0.3 is 21.1 Å². The van der Waals surface area contributed by atoms with E-state index in [0.29, 0.717) is 0 Å². The second-order valence-corrected chi connectivity index (χ2v) is 4.11. The number of hydrogen-bond donors (Lipinski definition) is 3. The van der Waals surface area contributed by atoms with Crippen LogP contribution in [0.25, 0.3) is 0 Å². The van der Waals surface area contributed by atoms with Crippen LogP contribution in [0.4, 0.5) is 4.79 Å². The Bertz CT molecular complexity index is 476. The Morgan fingerprint density at radius 3 is 2.50 bits per heavy atom. The summed E-state index contributed by atoms with van der Waals surface area (Å²) in [6, 6.07) is 8.33. The summed E-state index contributed by atoms with van der Waals surface area (Å²) >= 11 is 0. The zero-order valence-corrected chi connectivity index (χ0v) is 11.1. The summed E-state index contributed by atoms with van der Waals surface area (Å²) < 4.78 is 4.95. The molecule has 0 aromatic heterocycles. The highest BCUT2D eigenvalue weighted by Crippen LogP contribution is 2.00. The number of carbonyl (C=O) groups excluding carboxylic acids is 3. The summed E-state index contributed by atoms with van der Waals surface area (Å²) in [7, 11) is 0. The summed E-state index contributed by atoms with van der Waals surface area (Å²) in [6.07, 6.45) is -0.712. The van der Waals surface area contributed by atoms with Gasteiger partial charge in [0.25, 0.3) is 0 Å². The maximum atomic E-state index is 11.5. The second-order valence-electron chi connectivity index (χ2n) is 4.11. The van der Waals surface area contributed by atoms with Crippen molar-refractivity contribution in [2.75, 3.05) is 6.54 Å². The van der Waals surface area contributed by atoms with Crippen molar-refractivity contribution in [3.63, 3.8) is 0 Å². The SMILES string of the molecule is CC(NC(=O)OCc1ccccc1)C(=O)NCC(N)=O. The van der Waals surface area contributed by atoms with Crippen LogP contribution in [0.1, 0.15) is 12.5 Å². The summed E-state index contributed by atoms with van der Waals surface area (Å²) in [5.74, 6) is -1.17. The van der Waals surface area contributed by atoms with Crippen molar-refractivity contribution in [3.8, 4) is 0 Å². The van der Waals surface area contributed by atoms with E-state index in [-0.39, 0.29) is 13.2 Å². The van der Waals surface area contributed by atoms with Crippen LogP contribution < -0.4 is 16.4 Å². The number of amides is 3. The summed E-state index contributed by atoms with van der Waals surface area (Å²) in [5, 5.41) is 4.63. The minimum atomic E-state index is -0.822. The molecule has 108 valence electrons. The van der Waals surface area contributed by atoms with Gasteiger partial charge in [-0.1, -0.05) is 30.3 Å². The molecule has 1 rings (SSSR count). The Balaban J connectivity index is 2.30. The van der Waals surface area contributed by atoms with Crippen LogP contribution in [0.2, 0.25) is 0 Å². The molecule has 0 bridgehead atoms. The molecule has 0 radical (unpaired) electrons. The second kappa shape index (κ2) is 7.78. The average Bonchev–Trinajstić information content (AvgIpc) is 2.43. The first-order valence-corrected chi connectivity index (χ1v) is 6.02. The van der Waals surface area contributed by atoms with E-state index in [9.17, 15) is 14.4 Å². The van der Waals surface area contributed by atoms with Crippen LogP contribution in [-0.4, -0.2) is 30.5 Å². The highest BCUT2D eigenvalue weighted by molar-refractivity contribution is 5.88. The highest BCUT2D eigenvalue weighted by Gasteiger charge is 2.16. The normalized spacial score (nSPS) is 11.2. The fourth-order valence-electron chi connectivity index (χ4n) is 1.33. The molecule has 20 heavy (non-hydrogen) atoms. The fraction of sp³-hybridized carbons (Fsp3) is 0.308. The lowest BCUT2D eigenvalue weighted by Gasteiger charge is -2.13. The lowest BCUT2D eigenvalue weighted by atomic mass is 10.2. The smallest absolute Gasteiger partial charge is 0.408 e. The van der Waals surface area contributed by atoms with Crippen LogP contribution in [0.3, 0.4) is 0 Å². The Morgan fingerprint density at radius 2 is 1.90 bits per heavy atom. The molecule has 1 unspecified atom stereocenters. The van der Waals surface area contributed by atoms with E-state index >= 15 is 0 Å². The summed E-state index contributed by atoms with van der Waals surface area (Å²) in [6.45, 7) is 1.31. The molecular formula is C13H17N3O4. The molecule has 0 saturated heterocycles. The molecule has 0 aliphatic heterocycles. The third-order valence-corrected chi connectivity index (χ3v) is 2.38. The van der Waals surface area contributed by atoms with E-state index in [2.05, 4.69) is 10.6 Å². The first-order valence-electron chi connectivity index (χ1n) is 6.02. The number of carbonyl (C=O) groups is 3. The van der Waals surface area contributed by atoms with Crippen molar-refractivity contribution >= 4 is 17.9 Å². The maximum absolute atomic E-state index is 11.5. The van der Waals surface area contributed by atoms with Crippen molar-refractivity contribution in [3.05, 3.63) is 35.9 Å². The minimum absolute atomic E-state index is 0.113. The number of primary amides is 1. The number of rotatable bonds is 6. The monoisotopic (exact) mass is 279 g/mol. The van der Waals surface area contributed by atoms with Crippen molar-refractivity contribution in [2.45, 2.75) is 19.6 Å². The molecule has 0 aliphatic rings. The van der Waals surface area contributed by atoms with Gasteiger partial charge in [-0.2, -0.15) is 0 Å². The van der Waals surface area contributed by atoms with Gasteiger partial charge in [-0.3, -0.25) is 9.59 Å². The van der Waals surface area contributed by atoms with Crippen molar-refractivity contribution in [1.29, 1.82) is 0 Å². The zero-order valence-electron chi connectivity index (χ0n) is 11.1. The molecule has 0 aliphatic carbocycles. The third-order valence-electron chi connectivity index (χ3n) is 2.38. The number of ether oxygens (including phenoxy) is 1. The molecule has 0 spiro atoms. The number of hydrogen-bond acceptors (Lipinski definition) is 4. The topological polar surface area (TPSA) is 111 Å². The molecule has 0 saturated carbocycles. The largest absolute Gasteiger partial charge is 0.445 e. The van der Waals surface area contributed by atoms with E-state index in [0.717, 1.165) is 5.56 Å². The highest BCUT2D eigenvalue weighted by atomic mass is 16.5. The van der Waals surface area contributed by atoms with Crippen LogP contribution in [0.5, 0.6) is 0 Å². The summed E-state index contributed by atoms with van der Waals surface area (Å²) in [5.41, 5.74) is 5.73. The standard InChI is InChI=1S/C13H17N3O4/c1-9(12(18)15-7-11(14)17)16-13(19)20-8-10-5-3-2-4-6-10/h2-6,9H,7-8H2,1H3,(H2,14,17)(H,15,18)(H,16,19). The van der Waals surface area contributed by atoms with Crippen LogP contribution in [0.15, 0.2) is 30.3 Å². The molecule has 3 amide bonds. The molecule has 1 aromatic rings. The predicted octanol–water partition coefficient (Wildman–Crippen LogP) is -0.0972. The first-order chi connectivity index (χ1) is 9.49. The molecule has 0 heterocycles. The number of nitrogens with one attached hydrogen (secondary N) is 2. The van der Waals surface area contributed by atoms with Gasteiger partial charge in [0.2, 0.25) is 11.8 Å². The molecule has 1 atom stereocenters. The van der Waals surface area contributed by atoms with Gasteiger partial charge in [-0.25, -0.2) is 4.79 Å². The third kappa shape index (κ3) is 5.85. The predicted molar refractivity (Wildman–Crippen MR) is 71.4 cm³/mol.